The van der Waals surface area contributed by atoms with E-state index in [1.807, 2.05) is 0 Å². The van der Waals surface area contributed by atoms with Gasteiger partial charge in [0.1, 0.15) is 22.3 Å². The molecule has 0 bridgehead atoms. The summed E-state index contributed by atoms with van der Waals surface area (Å²) in [6.07, 6.45) is 0. The van der Waals surface area contributed by atoms with Crippen LogP contribution >= 0.6 is 0 Å². The molecule has 1 aromatic carbocycles. The Labute approximate surface area is 116 Å². The molecule has 8 heteroatoms. The third kappa shape index (κ3) is 3.32. The van der Waals surface area contributed by atoms with E-state index < -0.39 is 21.4 Å². The molecular weight excluding hydrogens is 285 g/mol. The lowest BCUT2D eigenvalue weighted by Gasteiger charge is -2.23. The molecule has 0 radical (unpaired) electrons. The third-order valence-corrected chi connectivity index (χ3v) is 4.36. The predicted molar refractivity (Wildman–Crippen MR) is 68.9 cm³/mol. The van der Waals surface area contributed by atoms with Crippen LogP contribution < -0.4 is 10.0 Å². The summed E-state index contributed by atoms with van der Waals surface area (Å²) in [5.41, 5.74) is -0.479. The quantitative estimate of drug-likeness (QED) is 0.814. The van der Waals surface area contributed by atoms with Crippen LogP contribution in [0.15, 0.2) is 23.1 Å². The van der Waals surface area contributed by atoms with Crippen molar-refractivity contribution in [2.75, 3.05) is 26.3 Å². The number of halogens is 1. The zero-order valence-corrected chi connectivity index (χ0v) is 11.4. The molecule has 0 saturated carbocycles. The van der Waals surface area contributed by atoms with Crippen molar-refractivity contribution in [3.05, 3.63) is 29.6 Å². The van der Waals surface area contributed by atoms with Gasteiger partial charge in [-0.25, -0.2) is 17.5 Å². The fraction of sp³-hybridized carbons (Fsp3) is 0.417. The molecule has 1 aromatic rings. The van der Waals surface area contributed by atoms with Gasteiger partial charge >= 0.3 is 0 Å². The van der Waals surface area contributed by atoms with E-state index in [0.29, 0.717) is 19.8 Å². The zero-order valence-electron chi connectivity index (χ0n) is 10.6. The fourth-order valence-electron chi connectivity index (χ4n) is 1.88. The minimum atomic E-state index is -3.93. The molecule has 6 nitrogen and oxygen atoms in total. The monoisotopic (exact) mass is 299 g/mol. The number of benzene rings is 1. The van der Waals surface area contributed by atoms with Crippen LogP contribution in [-0.4, -0.2) is 40.8 Å². The number of hydrogen-bond donors (Lipinski definition) is 2. The van der Waals surface area contributed by atoms with E-state index >= 15 is 0 Å². The third-order valence-electron chi connectivity index (χ3n) is 2.89. The molecule has 0 aromatic heterocycles. The summed E-state index contributed by atoms with van der Waals surface area (Å²) in [6, 6.07) is 4.94. The van der Waals surface area contributed by atoms with Crippen LogP contribution in [0.2, 0.25) is 0 Å². The largest absolute Gasteiger partial charge is 0.378 e. The normalized spacial score (nSPS) is 19.5. The Hall–Kier alpha value is -1.53. The van der Waals surface area contributed by atoms with Gasteiger partial charge in [0.2, 0.25) is 10.0 Å². The van der Waals surface area contributed by atoms with Crippen LogP contribution in [0.1, 0.15) is 5.56 Å². The molecule has 2 rings (SSSR count). The summed E-state index contributed by atoms with van der Waals surface area (Å²) >= 11 is 0. The van der Waals surface area contributed by atoms with Gasteiger partial charge in [-0.05, 0) is 12.1 Å². The van der Waals surface area contributed by atoms with Crippen LogP contribution in [-0.2, 0) is 14.8 Å². The number of nitrogens with one attached hydrogen (secondary N) is 2. The minimum absolute atomic E-state index is 0.115. The lowest BCUT2D eigenvalue weighted by molar-refractivity contribution is 0.0784. The molecule has 1 atom stereocenters. The molecule has 0 spiro atoms. The lowest BCUT2D eigenvalue weighted by Crippen LogP contribution is -2.48. The highest BCUT2D eigenvalue weighted by atomic mass is 32.2. The highest BCUT2D eigenvalue weighted by molar-refractivity contribution is 7.89. The van der Waals surface area contributed by atoms with Gasteiger partial charge in [-0.3, -0.25) is 0 Å². The Morgan fingerprint density at radius 1 is 1.55 bits per heavy atom. The maximum atomic E-state index is 13.4. The van der Waals surface area contributed by atoms with Gasteiger partial charge in [-0.2, -0.15) is 5.26 Å². The first-order chi connectivity index (χ1) is 9.54. The first-order valence-corrected chi connectivity index (χ1v) is 7.52. The van der Waals surface area contributed by atoms with Crippen LogP contribution in [0.3, 0.4) is 0 Å². The molecular formula is C12H14FN3O3S. The molecule has 108 valence electrons. The molecule has 0 aliphatic carbocycles. The van der Waals surface area contributed by atoms with Crippen molar-refractivity contribution in [2.24, 2.45) is 0 Å². The van der Waals surface area contributed by atoms with E-state index in [2.05, 4.69) is 10.0 Å². The first kappa shape index (κ1) is 14.9. The van der Waals surface area contributed by atoms with Crippen molar-refractivity contribution in [2.45, 2.75) is 10.9 Å². The molecule has 20 heavy (non-hydrogen) atoms. The maximum absolute atomic E-state index is 13.4. The van der Waals surface area contributed by atoms with Crippen molar-refractivity contribution < 1.29 is 17.5 Å². The fourth-order valence-corrected chi connectivity index (χ4v) is 3.12. The van der Waals surface area contributed by atoms with Crippen LogP contribution in [0.4, 0.5) is 4.39 Å². The molecule has 1 heterocycles. The van der Waals surface area contributed by atoms with Crippen molar-refractivity contribution >= 4 is 10.0 Å². The molecule has 1 aliphatic heterocycles. The molecule has 2 N–H and O–H groups in total. The number of morpholine rings is 1. The standard InChI is InChI=1S/C12H14FN3O3S/c13-11-2-1-3-12(10(11)6-14)20(17,18)16-7-9-8-19-5-4-15-9/h1-3,9,15-16H,4-5,7-8H2. The second kappa shape index (κ2) is 6.28. The average molecular weight is 299 g/mol. The van der Waals surface area contributed by atoms with Gasteiger partial charge in [-0.15, -0.1) is 0 Å². The van der Waals surface area contributed by atoms with Crippen molar-refractivity contribution in [1.82, 2.24) is 10.0 Å². The molecule has 1 fully saturated rings. The second-order valence-electron chi connectivity index (χ2n) is 4.30. The maximum Gasteiger partial charge on any atom is 0.242 e. The predicted octanol–water partition coefficient (Wildman–Crippen LogP) is -0.0359. The Balaban J connectivity index is 2.14. The second-order valence-corrected chi connectivity index (χ2v) is 6.04. The highest BCUT2D eigenvalue weighted by Gasteiger charge is 2.23. The Kier molecular flexibility index (Phi) is 4.67. The summed E-state index contributed by atoms with van der Waals surface area (Å²) < 4.78 is 45.2. The highest BCUT2D eigenvalue weighted by Crippen LogP contribution is 2.17. The number of rotatable bonds is 4. The summed E-state index contributed by atoms with van der Waals surface area (Å²) in [4.78, 5) is -0.350. The number of nitrogens with zero attached hydrogens (tertiary/aromatic N) is 1. The summed E-state index contributed by atoms with van der Waals surface area (Å²) in [6.45, 7) is 1.75. The number of sulfonamides is 1. The number of ether oxygens (including phenoxy) is 1. The first-order valence-electron chi connectivity index (χ1n) is 6.04. The molecule has 1 unspecified atom stereocenters. The lowest BCUT2D eigenvalue weighted by atomic mass is 10.2. The van der Waals surface area contributed by atoms with E-state index in [1.165, 1.54) is 12.1 Å². The van der Waals surface area contributed by atoms with Gasteiger partial charge < -0.3 is 10.1 Å². The van der Waals surface area contributed by atoms with Crippen molar-refractivity contribution in [3.8, 4) is 6.07 Å². The summed E-state index contributed by atoms with van der Waals surface area (Å²) in [5.74, 6) is -0.852. The van der Waals surface area contributed by atoms with E-state index in [9.17, 15) is 12.8 Å². The van der Waals surface area contributed by atoms with E-state index in [1.54, 1.807) is 6.07 Å². The summed E-state index contributed by atoms with van der Waals surface area (Å²) in [7, 11) is -3.93. The Morgan fingerprint density at radius 3 is 3.00 bits per heavy atom. The Bertz CT molecular complexity index is 621. The summed E-state index contributed by atoms with van der Waals surface area (Å²) in [5, 5.41) is 12.0. The molecule has 0 amide bonds. The minimum Gasteiger partial charge on any atom is -0.378 e. The van der Waals surface area contributed by atoms with Crippen molar-refractivity contribution in [3.63, 3.8) is 0 Å². The molecule has 1 saturated heterocycles. The zero-order chi connectivity index (χ0) is 14.6. The van der Waals surface area contributed by atoms with Gasteiger partial charge in [0.05, 0.1) is 13.2 Å². The van der Waals surface area contributed by atoms with Crippen molar-refractivity contribution in [1.29, 1.82) is 5.26 Å². The topological polar surface area (TPSA) is 91.2 Å². The van der Waals surface area contributed by atoms with Gasteiger partial charge in [-0.1, -0.05) is 6.07 Å². The Morgan fingerprint density at radius 2 is 2.35 bits per heavy atom. The van der Waals surface area contributed by atoms with E-state index in [-0.39, 0.29) is 17.5 Å². The smallest absolute Gasteiger partial charge is 0.242 e. The average Bonchev–Trinajstić information content (AvgIpc) is 2.46. The van der Waals surface area contributed by atoms with Crippen LogP contribution in [0.5, 0.6) is 0 Å². The SMILES string of the molecule is N#Cc1c(F)cccc1S(=O)(=O)NCC1COCCN1. The molecule has 1 aliphatic rings. The van der Waals surface area contributed by atoms with E-state index in [4.69, 9.17) is 10.00 Å². The van der Waals surface area contributed by atoms with Crippen LogP contribution in [0, 0.1) is 17.1 Å². The number of hydrogen-bond acceptors (Lipinski definition) is 5. The number of nitriles is 1. The van der Waals surface area contributed by atoms with E-state index in [0.717, 1.165) is 6.07 Å². The van der Waals surface area contributed by atoms with Gasteiger partial charge in [0.25, 0.3) is 0 Å². The van der Waals surface area contributed by atoms with Crippen LogP contribution in [0.25, 0.3) is 0 Å². The van der Waals surface area contributed by atoms with Gasteiger partial charge in [0, 0.05) is 19.1 Å². The van der Waals surface area contributed by atoms with Gasteiger partial charge in [0.15, 0.2) is 0 Å².